The van der Waals surface area contributed by atoms with Gasteiger partial charge in [0.2, 0.25) is 0 Å². The number of amides is 2. The van der Waals surface area contributed by atoms with E-state index in [1.54, 1.807) is 0 Å². The number of thioether (sulfide) groups is 1. The molecule has 2 amide bonds. The molecular weight excluding hydrogens is 538 g/mol. The van der Waals surface area contributed by atoms with Gasteiger partial charge in [0.05, 0.1) is 24.0 Å². The van der Waals surface area contributed by atoms with Crippen molar-refractivity contribution in [1.29, 1.82) is 0 Å². The normalized spacial score (nSPS) is 39.2. The molecule has 10 nitrogen and oxygen atoms in total. The number of hydrogen-bond acceptors (Lipinski definition) is 10. The Balaban J connectivity index is 1.33. The first-order valence-electron chi connectivity index (χ1n) is 14.4. The Bertz CT molecular complexity index is 1150. The molecule has 0 aromatic heterocycles. The standard InChI is InChI=1S/C29H39NO9S/c1-27-11-8-19(32)26(40-14-10-24(37)39-30-22(35)5-6-23(30)36)18(27)4-3-16-17-7-12-29(38,21(34)9-13-31)28(17,2)15-20(33)25(16)27/h16-17,20,25,31,33,38H,3-15H2,1-2H3. The largest absolute Gasteiger partial charge is 0.396 e. The molecule has 3 saturated carbocycles. The molecule has 220 valence electrons. The van der Waals surface area contributed by atoms with Crippen LogP contribution >= 0.6 is 11.8 Å². The van der Waals surface area contributed by atoms with E-state index < -0.39 is 40.3 Å². The van der Waals surface area contributed by atoms with Gasteiger partial charge < -0.3 is 20.2 Å². The van der Waals surface area contributed by atoms with E-state index in [1.165, 1.54) is 11.8 Å². The Labute approximate surface area is 237 Å². The number of rotatable bonds is 8. The summed E-state index contributed by atoms with van der Waals surface area (Å²) in [6.45, 7) is 3.72. The second-order valence-electron chi connectivity index (χ2n) is 12.6. The van der Waals surface area contributed by atoms with Crippen molar-refractivity contribution in [3.63, 3.8) is 0 Å². The molecule has 11 heteroatoms. The Morgan fingerprint density at radius 2 is 1.73 bits per heavy atom. The van der Waals surface area contributed by atoms with E-state index in [2.05, 4.69) is 6.92 Å². The number of Topliss-reactive ketones (excluding diaryl/α,β-unsaturated/α-hetero) is 2. The number of imide groups is 1. The average molecular weight is 578 g/mol. The van der Waals surface area contributed by atoms with Crippen molar-refractivity contribution in [2.45, 2.75) is 96.2 Å². The summed E-state index contributed by atoms with van der Waals surface area (Å²) in [5.74, 6) is -1.84. The Morgan fingerprint density at radius 1 is 1.02 bits per heavy atom. The molecule has 4 fully saturated rings. The maximum atomic E-state index is 13.1. The predicted octanol–water partition coefficient (Wildman–Crippen LogP) is 2.23. The molecule has 1 heterocycles. The van der Waals surface area contributed by atoms with E-state index in [0.717, 1.165) is 12.0 Å². The molecule has 0 radical (unpaired) electrons. The van der Waals surface area contributed by atoms with Crippen molar-refractivity contribution >= 4 is 41.1 Å². The van der Waals surface area contributed by atoms with Gasteiger partial charge in [0.1, 0.15) is 5.60 Å². The molecule has 0 spiro atoms. The molecule has 7 atom stereocenters. The predicted molar refractivity (Wildman–Crippen MR) is 143 cm³/mol. The van der Waals surface area contributed by atoms with Crippen molar-refractivity contribution in [2.75, 3.05) is 12.4 Å². The molecule has 5 rings (SSSR count). The van der Waals surface area contributed by atoms with Crippen LogP contribution in [0, 0.1) is 28.6 Å². The fraction of sp³-hybridized carbons (Fsp3) is 0.759. The van der Waals surface area contributed by atoms with Gasteiger partial charge >= 0.3 is 5.97 Å². The van der Waals surface area contributed by atoms with Gasteiger partial charge in [-0.1, -0.05) is 13.8 Å². The lowest BCUT2D eigenvalue weighted by Crippen LogP contribution is -2.61. The summed E-state index contributed by atoms with van der Waals surface area (Å²) in [6, 6.07) is 0. The third kappa shape index (κ3) is 4.48. The van der Waals surface area contributed by atoms with E-state index in [9.17, 15) is 39.3 Å². The zero-order valence-corrected chi connectivity index (χ0v) is 24.0. The van der Waals surface area contributed by atoms with Crippen LogP contribution in [0.5, 0.6) is 0 Å². The lowest BCUT2D eigenvalue weighted by atomic mass is 9.45. The molecule has 3 N–H and O–H groups in total. The van der Waals surface area contributed by atoms with E-state index in [0.29, 0.717) is 42.1 Å². The maximum absolute atomic E-state index is 13.1. The molecular formula is C29H39NO9S. The summed E-state index contributed by atoms with van der Waals surface area (Å²) in [6.07, 6.45) is 2.74. The van der Waals surface area contributed by atoms with Crippen LogP contribution in [-0.4, -0.2) is 73.8 Å². The van der Waals surface area contributed by atoms with Crippen molar-refractivity contribution in [3.05, 3.63) is 10.5 Å². The highest BCUT2D eigenvalue weighted by atomic mass is 32.2. The summed E-state index contributed by atoms with van der Waals surface area (Å²) in [7, 11) is 0. The van der Waals surface area contributed by atoms with Crippen LogP contribution in [0.3, 0.4) is 0 Å². The monoisotopic (exact) mass is 577 g/mol. The molecule has 4 aliphatic carbocycles. The second-order valence-corrected chi connectivity index (χ2v) is 13.7. The minimum atomic E-state index is -1.56. The molecule has 5 aliphatic rings. The van der Waals surface area contributed by atoms with Gasteiger partial charge in [-0.3, -0.25) is 19.2 Å². The first-order valence-corrected chi connectivity index (χ1v) is 15.4. The summed E-state index contributed by atoms with van der Waals surface area (Å²) in [5, 5.41) is 33.1. The number of nitrogens with zero attached hydrogens (tertiary/aromatic N) is 1. The topological polar surface area (TPSA) is 159 Å². The third-order valence-corrected chi connectivity index (χ3v) is 11.9. The minimum absolute atomic E-state index is 0.0224. The first kappa shape index (κ1) is 29.4. The molecule has 1 aliphatic heterocycles. The lowest BCUT2D eigenvalue weighted by Gasteiger charge is -2.60. The van der Waals surface area contributed by atoms with Gasteiger partial charge in [-0.2, -0.15) is 0 Å². The lowest BCUT2D eigenvalue weighted by molar-refractivity contribution is -0.197. The van der Waals surface area contributed by atoms with Crippen LogP contribution in [0.25, 0.3) is 0 Å². The highest BCUT2D eigenvalue weighted by Crippen LogP contribution is 2.68. The second kappa shape index (κ2) is 10.6. The summed E-state index contributed by atoms with van der Waals surface area (Å²) in [5.41, 5.74) is -1.76. The third-order valence-electron chi connectivity index (χ3n) is 10.7. The van der Waals surface area contributed by atoms with Gasteiger partial charge in [0.15, 0.2) is 11.6 Å². The van der Waals surface area contributed by atoms with Crippen molar-refractivity contribution in [2.24, 2.45) is 28.6 Å². The van der Waals surface area contributed by atoms with Gasteiger partial charge in [-0.05, 0) is 67.3 Å². The van der Waals surface area contributed by atoms with Gasteiger partial charge in [0, 0.05) is 36.9 Å². The van der Waals surface area contributed by atoms with Gasteiger partial charge in [-0.15, -0.1) is 16.8 Å². The van der Waals surface area contributed by atoms with Gasteiger partial charge in [0.25, 0.3) is 11.8 Å². The molecule has 0 bridgehead atoms. The molecule has 1 saturated heterocycles. The number of hydroxylamine groups is 2. The van der Waals surface area contributed by atoms with Crippen LogP contribution < -0.4 is 0 Å². The molecule has 7 unspecified atom stereocenters. The van der Waals surface area contributed by atoms with Crippen LogP contribution in [0.15, 0.2) is 10.5 Å². The highest BCUT2D eigenvalue weighted by Gasteiger charge is 2.68. The molecule has 40 heavy (non-hydrogen) atoms. The van der Waals surface area contributed by atoms with E-state index >= 15 is 0 Å². The number of carbonyl (C=O) groups is 5. The van der Waals surface area contributed by atoms with Crippen LogP contribution in [0.1, 0.15) is 84.5 Å². The summed E-state index contributed by atoms with van der Waals surface area (Å²) < 4.78 is 0. The van der Waals surface area contributed by atoms with Crippen molar-refractivity contribution < 1.29 is 44.1 Å². The fourth-order valence-electron chi connectivity index (χ4n) is 8.78. The van der Waals surface area contributed by atoms with Crippen molar-refractivity contribution in [1.82, 2.24) is 5.06 Å². The van der Waals surface area contributed by atoms with Crippen molar-refractivity contribution in [3.8, 4) is 0 Å². The number of carbonyl (C=O) groups excluding carboxylic acids is 5. The molecule has 0 aromatic carbocycles. The number of allylic oxidation sites excluding steroid dienone is 1. The zero-order chi connectivity index (χ0) is 29.0. The summed E-state index contributed by atoms with van der Waals surface area (Å²) >= 11 is 1.30. The average Bonchev–Trinajstić information content (AvgIpc) is 3.36. The SMILES string of the molecule is CC12CCC(=O)C(SCCC(=O)ON3C(=O)CCC3=O)=C1CCC1C2C(O)CC2(C)C1CCC2(O)C(=O)CCO. The van der Waals surface area contributed by atoms with Crippen LogP contribution in [0.2, 0.25) is 0 Å². The number of aliphatic hydroxyl groups is 3. The first-order chi connectivity index (χ1) is 18.9. The Hall–Kier alpha value is -2.08. The fourth-order valence-corrected chi connectivity index (χ4v) is 10.0. The smallest absolute Gasteiger partial charge is 0.334 e. The highest BCUT2D eigenvalue weighted by molar-refractivity contribution is 8.04. The Kier molecular flexibility index (Phi) is 7.82. The minimum Gasteiger partial charge on any atom is -0.396 e. The molecule has 0 aromatic rings. The van der Waals surface area contributed by atoms with Crippen LogP contribution in [-0.2, 0) is 28.8 Å². The summed E-state index contributed by atoms with van der Waals surface area (Å²) in [4.78, 5) is 67.3. The van der Waals surface area contributed by atoms with Crippen LogP contribution in [0.4, 0.5) is 0 Å². The number of ketones is 2. The number of hydrogen-bond donors (Lipinski definition) is 3. The van der Waals surface area contributed by atoms with E-state index in [-0.39, 0.29) is 73.8 Å². The number of fused-ring (bicyclic) bond motifs is 5. The van der Waals surface area contributed by atoms with E-state index in [1.807, 2.05) is 6.92 Å². The zero-order valence-electron chi connectivity index (χ0n) is 23.1. The quantitative estimate of drug-likeness (QED) is 0.365. The Morgan fingerprint density at radius 3 is 2.40 bits per heavy atom. The maximum Gasteiger partial charge on any atom is 0.334 e. The van der Waals surface area contributed by atoms with E-state index in [4.69, 9.17) is 4.84 Å². The van der Waals surface area contributed by atoms with Gasteiger partial charge in [-0.25, -0.2) is 4.79 Å². The number of aliphatic hydroxyl groups excluding tert-OH is 2.